The second-order valence-electron chi connectivity index (χ2n) is 5.31. The molecule has 106 valence electrons. The van der Waals surface area contributed by atoms with Crippen LogP contribution in [-0.4, -0.2) is 53.9 Å². The molecule has 19 heavy (non-hydrogen) atoms. The maximum Gasteiger partial charge on any atom is 0.228 e. The molecule has 2 heterocycles. The number of likely N-dealkylation sites (N-methyl/N-ethyl adjacent to an activating group) is 1. The van der Waals surface area contributed by atoms with Crippen molar-refractivity contribution in [2.75, 3.05) is 27.2 Å². The molecule has 0 spiro atoms. The molecule has 0 atom stereocenters. The second-order valence-corrected chi connectivity index (χ2v) is 6.25. The number of amides is 1. The summed E-state index contributed by atoms with van der Waals surface area (Å²) >= 11 is 1.57. The van der Waals surface area contributed by atoms with Gasteiger partial charge in [-0.1, -0.05) is 0 Å². The van der Waals surface area contributed by atoms with Crippen LogP contribution in [0.15, 0.2) is 5.38 Å². The summed E-state index contributed by atoms with van der Waals surface area (Å²) in [6, 6.07) is 0.361. The standard InChI is InChI=1S/C13H22N4OS/c1-16(2)13(18)7-12-15-11(9-19-12)8-17-5-3-10(14)4-6-17/h9-10H,3-8,14H2,1-2H3. The van der Waals surface area contributed by atoms with E-state index in [-0.39, 0.29) is 5.91 Å². The van der Waals surface area contributed by atoms with Crippen LogP contribution in [0.1, 0.15) is 23.5 Å². The van der Waals surface area contributed by atoms with E-state index in [0.717, 1.165) is 43.2 Å². The highest BCUT2D eigenvalue weighted by Gasteiger charge is 2.17. The second kappa shape index (κ2) is 6.45. The van der Waals surface area contributed by atoms with E-state index in [1.807, 2.05) is 0 Å². The molecule has 2 N–H and O–H groups in total. The van der Waals surface area contributed by atoms with Gasteiger partial charge in [0.15, 0.2) is 0 Å². The third kappa shape index (κ3) is 4.26. The summed E-state index contributed by atoms with van der Waals surface area (Å²) in [6.45, 7) is 2.97. The molecule has 0 saturated carbocycles. The van der Waals surface area contributed by atoms with Gasteiger partial charge in [0.05, 0.1) is 12.1 Å². The number of rotatable bonds is 4. The average Bonchev–Trinajstić information content (AvgIpc) is 2.79. The van der Waals surface area contributed by atoms with Gasteiger partial charge in [-0.25, -0.2) is 4.98 Å². The number of thiazole rings is 1. The van der Waals surface area contributed by atoms with Crippen LogP contribution in [0.25, 0.3) is 0 Å². The maximum absolute atomic E-state index is 11.6. The lowest BCUT2D eigenvalue weighted by atomic mass is 10.1. The first-order valence-electron chi connectivity index (χ1n) is 6.66. The molecule has 1 aromatic heterocycles. The molecular weight excluding hydrogens is 260 g/mol. The fourth-order valence-electron chi connectivity index (χ4n) is 2.13. The van der Waals surface area contributed by atoms with Crippen LogP contribution in [-0.2, 0) is 17.8 Å². The lowest BCUT2D eigenvalue weighted by Crippen LogP contribution is -2.39. The van der Waals surface area contributed by atoms with Crippen LogP contribution in [0.3, 0.4) is 0 Å². The number of carbonyl (C=O) groups excluding carboxylic acids is 1. The minimum Gasteiger partial charge on any atom is -0.348 e. The number of nitrogens with two attached hydrogens (primary N) is 1. The third-order valence-electron chi connectivity index (χ3n) is 3.42. The number of likely N-dealkylation sites (tertiary alicyclic amines) is 1. The van der Waals surface area contributed by atoms with Crippen LogP contribution in [0.2, 0.25) is 0 Å². The van der Waals surface area contributed by atoms with Gasteiger partial charge in [0.2, 0.25) is 5.91 Å². The van der Waals surface area contributed by atoms with Gasteiger partial charge in [-0.2, -0.15) is 0 Å². The molecule has 5 nitrogen and oxygen atoms in total. The Morgan fingerprint density at radius 3 is 2.84 bits per heavy atom. The molecular formula is C13H22N4OS. The highest BCUT2D eigenvalue weighted by Crippen LogP contribution is 2.16. The highest BCUT2D eigenvalue weighted by atomic mass is 32.1. The van der Waals surface area contributed by atoms with Crippen molar-refractivity contribution in [3.63, 3.8) is 0 Å². The van der Waals surface area contributed by atoms with Crippen molar-refractivity contribution in [1.82, 2.24) is 14.8 Å². The Hall–Kier alpha value is -0.980. The zero-order chi connectivity index (χ0) is 13.8. The number of aromatic nitrogens is 1. The van der Waals surface area contributed by atoms with Gasteiger partial charge < -0.3 is 10.6 Å². The predicted molar refractivity (Wildman–Crippen MR) is 77.0 cm³/mol. The smallest absolute Gasteiger partial charge is 0.228 e. The van der Waals surface area contributed by atoms with Crippen molar-refractivity contribution < 1.29 is 4.79 Å². The average molecular weight is 282 g/mol. The van der Waals surface area contributed by atoms with E-state index in [0.29, 0.717) is 12.5 Å². The van der Waals surface area contributed by atoms with Gasteiger partial charge in [0.1, 0.15) is 5.01 Å². The molecule has 0 unspecified atom stereocenters. The van der Waals surface area contributed by atoms with E-state index in [9.17, 15) is 4.79 Å². The Kier molecular flexibility index (Phi) is 4.90. The summed E-state index contributed by atoms with van der Waals surface area (Å²) in [4.78, 5) is 20.1. The van der Waals surface area contributed by atoms with Crippen LogP contribution < -0.4 is 5.73 Å². The van der Waals surface area contributed by atoms with Gasteiger partial charge in [-0.3, -0.25) is 9.69 Å². The van der Waals surface area contributed by atoms with Crippen molar-refractivity contribution in [3.8, 4) is 0 Å². The maximum atomic E-state index is 11.6. The zero-order valence-electron chi connectivity index (χ0n) is 11.6. The van der Waals surface area contributed by atoms with Crippen LogP contribution in [0.5, 0.6) is 0 Å². The molecule has 1 saturated heterocycles. The molecule has 1 aliphatic rings. The van der Waals surface area contributed by atoms with E-state index in [1.165, 1.54) is 0 Å². The normalized spacial score (nSPS) is 17.6. The zero-order valence-corrected chi connectivity index (χ0v) is 12.4. The van der Waals surface area contributed by atoms with E-state index < -0.39 is 0 Å². The lowest BCUT2D eigenvalue weighted by Gasteiger charge is -2.29. The first kappa shape index (κ1) is 14.4. The first-order chi connectivity index (χ1) is 9.04. The molecule has 1 aromatic rings. The Bertz CT molecular complexity index is 424. The molecule has 2 rings (SSSR count). The van der Waals surface area contributed by atoms with Crippen molar-refractivity contribution >= 4 is 17.2 Å². The van der Waals surface area contributed by atoms with Crippen molar-refractivity contribution in [3.05, 3.63) is 16.1 Å². The summed E-state index contributed by atoms with van der Waals surface area (Å²) in [6.07, 6.45) is 2.54. The number of piperidine rings is 1. The first-order valence-corrected chi connectivity index (χ1v) is 7.54. The Morgan fingerprint density at radius 1 is 1.53 bits per heavy atom. The summed E-state index contributed by atoms with van der Waals surface area (Å²) < 4.78 is 0. The summed E-state index contributed by atoms with van der Waals surface area (Å²) in [5, 5.41) is 2.97. The third-order valence-corrected chi connectivity index (χ3v) is 4.32. The topological polar surface area (TPSA) is 62.5 Å². The van der Waals surface area contributed by atoms with Gasteiger partial charge >= 0.3 is 0 Å². The van der Waals surface area contributed by atoms with E-state index >= 15 is 0 Å². The van der Waals surface area contributed by atoms with Crippen LogP contribution in [0, 0.1) is 0 Å². The molecule has 0 aliphatic carbocycles. The molecule has 0 aromatic carbocycles. The van der Waals surface area contributed by atoms with Gasteiger partial charge in [-0.15, -0.1) is 11.3 Å². The number of hydrogen-bond acceptors (Lipinski definition) is 5. The quantitative estimate of drug-likeness (QED) is 0.883. The minimum atomic E-state index is 0.102. The fraction of sp³-hybridized carbons (Fsp3) is 0.692. The van der Waals surface area contributed by atoms with Crippen molar-refractivity contribution in [2.45, 2.75) is 31.8 Å². The van der Waals surface area contributed by atoms with E-state index in [4.69, 9.17) is 5.73 Å². The highest BCUT2D eigenvalue weighted by molar-refractivity contribution is 7.09. The van der Waals surface area contributed by atoms with E-state index in [1.54, 1.807) is 30.3 Å². The Balaban J connectivity index is 1.85. The molecule has 6 heteroatoms. The fourth-order valence-corrected chi connectivity index (χ4v) is 2.91. The largest absolute Gasteiger partial charge is 0.348 e. The van der Waals surface area contributed by atoms with Gasteiger partial charge in [0.25, 0.3) is 0 Å². The molecule has 0 bridgehead atoms. The van der Waals surface area contributed by atoms with Gasteiger partial charge in [0, 0.05) is 45.2 Å². The number of hydrogen-bond donors (Lipinski definition) is 1. The predicted octanol–water partition coefficient (Wildman–Crippen LogP) is 0.697. The molecule has 1 amide bonds. The SMILES string of the molecule is CN(C)C(=O)Cc1nc(CN2CCC(N)CC2)cs1. The van der Waals surface area contributed by atoms with Crippen LogP contribution >= 0.6 is 11.3 Å². The minimum absolute atomic E-state index is 0.102. The molecule has 0 radical (unpaired) electrons. The van der Waals surface area contributed by atoms with Crippen molar-refractivity contribution in [2.24, 2.45) is 5.73 Å². The molecule has 1 fully saturated rings. The monoisotopic (exact) mass is 282 g/mol. The van der Waals surface area contributed by atoms with Gasteiger partial charge in [-0.05, 0) is 12.8 Å². The summed E-state index contributed by atoms with van der Waals surface area (Å²) in [5.74, 6) is 0.102. The Morgan fingerprint density at radius 2 is 2.21 bits per heavy atom. The lowest BCUT2D eigenvalue weighted by molar-refractivity contribution is -0.127. The summed E-state index contributed by atoms with van der Waals surface area (Å²) in [7, 11) is 3.54. The van der Waals surface area contributed by atoms with Crippen LogP contribution in [0.4, 0.5) is 0 Å². The summed E-state index contributed by atoms with van der Waals surface area (Å²) in [5.41, 5.74) is 6.97. The Labute approximate surface area is 118 Å². The number of carbonyl (C=O) groups is 1. The number of nitrogens with zero attached hydrogens (tertiary/aromatic N) is 3. The van der Waals surface area contributed by atoms with Crippen molar-refractivity contribution in [1.29, 1.82) is 0 Å². The van der Waals surface area contributed by atoms with E-state index in [2.05, 4.69) is 15.3 Å². The molecule has 1 aliphatic heterocycles.